The Labute approximate surface area is 126 Å². The van der Waals surface area contributed by atoms with Crippen LogP contribution in [0.4, 0.5) is 5.69 Å². The molecule has 0 radical (unpaired) electrons. The van der Waals surface area contributed by atoms with Gasteiger partial charge in [0.1, 0.15) is 0 Å². The Kier molecular flexibility index (Phi) is 5.90. The third-order valence-corrected chi connectivity index (χ3v) is 2.72. The highest BCUT2D eigenvalue weighted by Crippen LogP contribution is 2.13. The Morgan fingerprint density at radius 1 is 1.29 bits per heavy atom. The van der Waals surface area contributed by atoms with Crippen molar-refractivity contribution in [1.82, 2.24) is 5.32 Å². The highest BCUT2D eigenvalue weighted by molar-refractivity contribution is 5.97. The summed E-state index contributed by atoms with van der Waals surface area (Å²) in [6.45, 7) is 7.63. The maximum absolute atomic E-state index is 12.1. The lowest BCUT2D eigenvalue weighted by Crippen LogP contribution is -2.40. The molecular weight excluding hydrogens is 266 g/mol. The normalized spacial score (nSPS) is 12.6. The number of carbonyl (C=O) groups excluding carboxylic acids is 2. The zero-order chi connectivity index (χ0) is 16.0. The molecule has 21 heavy (non-hydrogen) atoms. The highest BCUT2D eigenvalue weighted by atomic mass is 16.2. The molecule has 0 aliphatic heterocycles. The molecule has 0 heterocycles. The van der Waals surface area contributed by atoms with E-state index in [0.29, 0.717) is 24.1 Å². The zero-order valence-electron chi connectivity index (χ0n) is 13.2. The summed E-state index contributed by atoms with van der Waals surface area (Å²) in [6.07, 6.45) is 1.01. The van der Waals surface area contributed by atoms with Crippen molar-refractivity contribution < 1.29 is 9.59 Å². The Balaban J connectivity index is 2.68. The van der Waals surface area contributed by atoms with Crippen LogP contribution in [0, 0.1) is 0 Å². The van der Waals surface area contributed by atoms with Gasteiger partial charge in [0.05, 0.1) is 0 Å². The maximum Gasteiger partial charge on any atom is 0.251 e. The van der Waals surface area contributed by atoms with Crippen molar-refractivity contribution >= 4 is 17.5 Å². The van der Waals surface area contributed by atoms with Gasteiger partial charge in [-0.05, 0) is 52.3 Å². The molecule has 0 saturated carbocycles. The van der Waals surface area contributed by atoms with Crippen LogP contribution >= 0.6 is 0 Å². The van der Waals surface area contributed by atoms with Gasteiger partial charge in [-0.25, -0.2) is 0 Å². The fraction of sp³-hybridized carbons (Fsp3) is 0.500. The van der Waals surface area contributed by atoms with Crippen LogP contribution in [0.5, 0.6) is 0 Å². The molecule has 1 aromatic rings. The SMILES string of the molecule is CC(N)CCC(=O)Nc1cccc(C(=O)NC(C)(C)C)c1. The Bertz CT molecular complexity index is 504. The van der Waals surface area contributed by atoms with Gasteiger partial charge >= 0.3 is 0 Å². The third kappa shape index (κ3) is 6.90. The van der Waals surface area contributed by atoms with E-state index in [-0.39, 0.29) is 23.4 Å². The van der Waals surface area contributed by atoms with Crippen LogP contribution in [0.1, 0.15) is 50.9 Å². The number of rotatable bonds is 5. The summed E-state index contributed by atoms with van der Waals surface area (Å²) in [5.41, 5.74) is 6.47. The molecule has 0 saturated heterocycles. The molecule has 116 valence electrons. The lowest BCUT2D eigenvalue weighted by Gasteiger charge is -2.20. The van der Waals surface area contributed by atoms with E-state index in [2.05, 4.69) is 10.6 Å². The van der Waals surface area contributed by atoms with Gasteiger partial charge in [-0.1, -0.05) is 6.07 Å². The Hall–Kier alpha value is -1.88. The van der Waals surface area contributed by atoms with Gasteiger partial charge in [0.2, 0.25) is 5.91 Å². The van der Waals surface area contributed by atoms with Crippen LogP contribution in [0.25, 0.3) is 0 Å². The zero-order valence-corrected chi connectivity index (χ0v) is 13.2. The topological polar surface area (TPSA) is 84.2 Å². The van der Waals surface area contributed by atoms with Crippen LogP contribution in [0.2, 0.25) is 0 Å². The predicted octanol–water partition coefficient (Wildman–Crippen LogP) is 2.28. The smallest absolute Gasteiger partial charge is 0.251 e. The summed E-state index contributed by atoms with van der Waals surface area (Å²) >= 11 is 0. The number of nitrogens with one attached hydrogen (secondary N) is 2. The Morgan fingerprint density at radius 2 is 1.95 bits per heavy atom. The Morgan fingerprint density at radius 3 is 2.52 bits per heavy atom. The van der Waals surface area contributed by atoms with E-state index in [9.17, 15) is 9.59 Å². The number of nitrogens with two attached hydrogens (primary N) is 1. The monoisotopic (exact) mass is 291 g/mol. The van der Waals surface area contributed by atoms with Crippen molar-refractivity contribution in [3.63, 3.8) is 0 Å². The quantitative estimate of drug-likeness (QED) is 0.778. The van der Waals surface area contributed by atoms with Gasteiger partial charge in [0.25, 0.3) is 5.91 Å². The molecule has 0 aliphatic carbocycles. The molecule has 1 atom stereocenters. The molecular formula is C16H25N3O2. The average molecular weight is 291 g/mol. The molecule has 0 spiro atoms. The number of carbonyl (C=O) groups is 2. The van der Waals surface area contributed by atoms with Crippen LogP contribution in [0.3, 0.4) is 0 Å². The molecule has 0 aliphatic rings. The summed E-state index contributed by atoms with van der Waals surface area (Å²) in [6, 6.07) is 6.90. The standard InChI is InChI=1S/C16H25N3O2/c1-11(17)8-9-14(20)18-13-7-5-6-12(10-13)15(21)19-16(2,3)4/h5-7,10-11H,8-9,17H2,1-4H3,(H,18,20)(H,19,21). The van der Waals surface area contributed by atoms with E-state index in [4.69, 9.17) is 5.73 Å². The first-order valence-corrected chi connectivity index (χ1v) is 7.15. The number of anilines is 1. The molecule has 5 heteroatoms. The van der Waals surface area contributed by atoms with Gasteiger partial charge in [-0.3, -0.25) is 9.59 Å². The average Bonchev–Trinajstić information content (AvgIpc) is 2.34. The summed E-state index contributed by atoms with van der Waals surface area (Å²) in [4.78, 5) is 23.8. The second kappa shape index (κ2) is 7.22. The fourth-order valence-corrected chi connectivity index (χ4v) is 1.73. The number of hydrogen-bond donors (Lipinski definition) is 3. The molecule has 1 aromatic carbocycles. The van der Waals surface area contributed by atoms with Gasteiger partial charge < -0.3 is 16.4 Å². The number of benzene rings is 1. The highest BCUT2D eigenvalue weighted by Gasteiger charge is 2.15. The van der Waals surface area contributed by atoms with Crippen molar-refractivity contribution in [3.05, 3.63) is 29.8 Å². The summed E-state index contributed by atoms with van der Waals surface area (Å²) in [5, 5.41) is 5.67. The molecule has 2 amide bonds. The van der Waals surface area contributed by atoms with Crippen molar-refractivity contribution in [2.24, 2.45) is 5.73 Å². The lowest BCUT2D eigenvalue weighted by molar-refractivity contribution is -0.116. The van der Waals surface area contributed by atoms with Crippen molar-refractivity contribution in [1.29, 1.82) is 0 Å². The molecule has 0 bridgehead atoms. The van der Waals surface area contributed by atoms with E-state index in [1.165, 1.54) is 0 Å². The van der Waals surface area contributed by atoms with E-state index in [1.807, 2.05) is 27.7 Å². The lowest BCUT2D eigenvalue weighted by atomic mass is 10.1. The van der Waals surface area contributed by atoms with Crippen LogP contribution in [0.15, 0.2) is 24.3 Å². The van der Waals surface area contributed by atoms with Crippen molar-refractivity contribution in [2.45, 2.75) is 52.1 Å². The van der Waals surface area contributed by atoms with Gasteiger partial charge in [0, 0.05) is 29.3 Å². The largest absolute Gasteiger partial charge is 0.347 e. The minimum absolute atomic E-state index is 0.000326. The minimum atomic E-state index is -0.298. The van der Waals surface area contributed by atoms with E-state index < -0.39 is 0 Å². The van der Waals surface area contributed by atoms with Crippen molar-refractivity contribution in [3.8, 4) is 0 Å². The molecule has 0 fully saturated rings. The third-order valence-electron chi connectivity index (χ3n) is 2.72. The van der Waals surface area contributed by atoms with Gasteiger partial charge in [-0.15, -0.1) is 0 Å². The fourth-order valence-electron chi connectivity index (χ4n) is 1.73. The summed E-state index contributed by atoms with van der Waals surface area (Å²) in [7, 11) is 0. The minimum Gasteiger partial charge on any atom is -0.347 e. The first-order valence-electron chi connectivity index (χ1n) is 7.15. The van der Waals surface area contributed by atoms with Gasteiger partial charge in [0.15, 0.2) is 0 Å². The first kappa shape index (κ1) is 17.2. The van der Waals surface area contributed by atoms with Gasteiger partial charge in [-0.2, -0.15) is 0 Å². The van der Waals surface area contributed by atoms with E-state index in [1.54, 1.807) is 24.3 Å². The summed E-state index contributed by atoms with van der Waals surface area (Å²) in [5.74, 6) is -0.255. The predicted molar refractivity (Wildman–Crippen MR) is 85.2 cm³/mol. The first-order chi connectivity index (χ1) is 9.67. The van der Waals surface area contributed by atoms with E-state index in [0.717, 1.165) is 0 Å². The van der Waals surface area contributed by atoms with Crippen LogP contribution in [-0.4, -0.2) is 23.4 Å². The molecule has 0 aromatic heterocycles. The van der Waals surface area contributed by atoms with Crippen LogP contribution < -0.4 is 16.4 Å². The second-order valence-electron chi connectivity index (χ2n) is 6.35. The molecule has 5 nitrogen and oxygen atoms in total. The van der Waals surface area contributed by atoms with E-state index >= 15 is 0 Å². The molecule has 1 rings (SSSR count). The maximum atomic E-state index is 12.1. The summed E-state index contributed by atoms with van der Waals surface area (Å²) < 4.78 is 0. The molecule has 1 unspecified atom stereocenters. The number of hydrogen-bond acceptors (Lipinski definition) is 3. The number of amides is 2. The van der Waals surface area contributed by atoms with Crippen molar-refractivity contribution in [2.75, 3.05) is 5.32 Å². The van der Waals surface area contributed by atoms with Crippen LogP contribution in [-0.2, 0) is 4.79 Å². The molecule has 4 N–H and O–H groups in total. The second-order valence-corrected chi connectivity index (χ2v) is 6.35.